The van der Waals surface area contributed by atoms with E-state index in [0.717, 1.165) is 17.5 Å². The van der Waals surface area contributed by atoms with Gasteiger partial charge in [-0.15, -0.1) is 0 Å². The average molecular weight is 381 g/mol. The minimum Gasteiger partial charge on any atom is -0.382 e. The number of aryl methyl sites for hydroxylation is 1. The fourth-order valence-electron chi connectivity index (χ4n) is 3.09. The van der Waals surface area contributed by atoms with Gasteiger partial charge in [0, 0.05) is 0 Å². The lowest BCUT2D eigenvalue weighted by atomic mass is 9.94. The Bertz CT molecular complexity index is 900. The highest BCUT2D eigenvalue weighted by Crippen LogP contribution is 2.34. The van der Waals surface area contributed by atoms with E-state index < -0.39 is 9.84 Å². The van der Waals surface area contributed by atoms with Crippen LogP contribution in [0.1, 0.15) is 37.4 Å². The summed E-state index contributed by atoms with van der Waals surface area (Å²) in [6.07, 6.45) is 2.82. The third-order valence-electron chi connectivity index (χ3n) is 4.42. The number of hydrogen-bond acceptors (Lipinski definition) is 6. The number of nitrogens with zero attached hydrogens (tertiary/aromatic N) is 2. The largest absolute Gasteiger partial charge is 0.382 e. The first kappa shape index (κ1) is 17.9. The smallest absolute Gasteiger partial charge is 0.178 e. The molecular weight excluding hydrogens is 360 g/mol. The zero-order valence-electron chi connectivity index (χ0n) is 14.2. The summed E-state index contributed by atoms with van der Waals surface area (Å²) in [5.41, 5.74) is 7.51. The highest BCUT2D eigenvalue weighted by Gasteiger charge is 2.26. The van der Waals surface area contributed by atoms with Crippen molar-refractivity contribution in [1.82, 2.24) is 9.97 Å². The lowest BCUT2D eigenvalue weighted by Crippen LogP contribution is -2.21. The number of benzene rings is 1. The molecule has 134 valence electrons. The molecule has 6 nitrogen and oxygen atoms in total. The van der Waals surface area contributed by atoms with Crippen LogP contribution in [0.4, 0.5) is 11.6 Å². The predicted molar refractivity (Wildman–Crippen MR) is 99.5 cm³/mol. The molecule has 1 atom stereocenters. The van der Waals surface area contributed by atoms with Crippen LogP contribution in [0.3, 0.4) is 0 Å². The van der Waals surface area contributed by atoms with Gasteiger partial charge in [-0.05, 0) is 36.0 Å². The van der Waals surface area contributed by atoms with Gasteiger partial charge in [0.05, 0.1) is 16.7 Å². The molecule has 8 heteroatoms. The Morgan fingerprint density at radius 2 is 2.04 bits per heavy atom. The first-order valence-electron chi connectivity index (χ1n) is 8.17. The van der Waals surface area contributed by atoms with Crippen LogP contribution < -0.4 is 11.1 Å². The number of halogens is 1. The fraction of sp³-hybridized carbons (Fsp3) is 0.412. The van der Waals surface area contributed by atoms with Crippen molar-refractivity contribution in [2.24, 2.45) is 5.92 Å². The summed E-state index contributed by atoms with van der Waals surface area (Å²) in [5, 5.41) is 3.54. The van der Waals surface area contributed by atoms with Gasteiger partial charge >= 0.3 is 0 Å². The quantitative estimate of drug-likeness (QED) is 0.844. The minimum atomic E-state index is -3.21. The third-order valence-corrected chi connectivity index (χ3v) is 6.67. The molecule has 3 N–H and O–H groups in total. The van der Waals surface area contributed by atoms with E-state index in [4.69, 9.17) is 17.3 Å². The lowest BCUT2D eigenvalue weighted by Gasteiger charge is -2.26. The van der Waals surface area contributed by atoms with Gasteiger partial charge in [0.15, 0.2) is 15.7 Å². The monoisotopic (exact) mass is 380 g/mol. The second-order valence-corrected chi connectivity index (χ2v) is 9.03. The summed E-state index contributed by atoms with van der Waals surface area (Å²) in [4.78, 5) is 8.45. The minimum absolute atomic E-state index is 0.158. The number of fused-ring (bicyclic) bond motifs is 1. The van der Waals surface area contributed by atoms with Gasteiger partial charge < -0.3 is 11.1 Å². The van der Waals surface area contributed by atoms with Crippen LogP contribution in [-0.4, -0.2) is 24.1 Å². The topological polar surface area (TPSA) is 98.0 Å². The van der Waals surface area contributed by atoms with E-state index in [2.05, 4.69) is 15.3 Å². The summed E-state index contributed by atoms with van der Waals surface area (Å²) in [6.45, 7) is 4.09. The predicted octanol–water partition coefficient (Wildman–Crippen LogP) is 3.24. The van der Waals surface area contributed by atoms with Gasteiger partial charge in [0.1, 0.15) is 17.2 Å². The Labute approximate surface area is 152 Å². The van der Waals surface area contributed by atoms with Crippen molar-refractivity contribution in [3.63, 3.8) is 0 Å². The van der Waals surface area contributed by atoms with Crippen LogP contribution in [-0.2, 0) is 16.3 Å². The van der Waals surface area contributed by atoms with Crippen molar-refractivity contribution in [2.45, 2.75) is 37.6 Å². The maximum absolute atomic E-state index is 12.4. The van der Waals surface area contributed by atoms with E-state index in [1.807, 2.05) is 26.0 Å². The van der Waals surface area contributed by atoms with Crippen molar-refractivity contribution in [2.75, 3.05) is 16.8 Å². The molecule has 25 heavy (non-hydrogen) atoms. The fourth-order valence-corrected chi connectivity index (χ4v) is 4.87. The average Bonchev–Trinajstić information content (AvgIpc) is 2.56. The summed E-state index contributed by atoms with van der Waals surface area (Å²) in [6, 6.07) is 5.50. The normalized spacial score (nSPS) is 17.1. The van der Waals surface area contributed by atoms with Crippen LogP contribution in [0.5, 0.6) is 0 Å². The molecule has 2 heterocycles. The van der Waals surface area contributed by atoms with E-state index in [0.29, 0.717) is 17.1 Å². The van der Waals surface area contributed by atoms with Gasteiger partial charge in [-0.1, -0.05) is 37.6 Å². The summed E-state index contributed by atoms with van der Waals surface area (Å²) >= 11 is 6.18. The maximum Gasteiger partial charge on any atom is 0.178 e. The van der Waals surface area contributed by atoms with Crippen molar-refractivity contribution in [1.29, 1.82) is 0 Å². The Morgan fingerprint density at radius 3 is 2.76 bits per heavy atom. The third kappa shape index (κ3) is 3.57. The van der Waals surface area contributed by atoms with Gasteiger partial charge in [-0.2, -0.15) is 0 Å². The molecule has 1 aliphatic heterocycles. The first-order chi connectivity index (χ1) is 11.8. The van der Waals surface area contributed by atoms with E-state index in [1.165, 1.54) is 6.33 Å². The molecule has 0 aliphatic carbocycles. The molecular formula is C17H21ClN4O2S. The SMILES string of the molecule is CC(C)[C@@H](Nc1ncnc(N)c1Cl)c1ccc2c(c1)S(=O)(=O)CCC2. The van der Waals surface area contributed by atoms with Crippen molar-refractivity contribution in [3.8, 4) is 0 Å². The molecule has 3 rings (SSSR count). The molecule has 1 aromatic carbocycles. The molecule has 0 amide bonds. The van der Waals surface area contributed by atoms with E-state index in [-0.39, 0.29) is 28.6 Å². The Hall–Kier alpha value is -1.86. The lowest BCUT2D eigenvalue weighted by molar-refractivity contribution is 0.542. The van der Waals surface area contributed by atoms with Gasteiger partial charge in [0.25, 0.3) is 0 Å². The van der Waals surface area contributed by atoms with Crippen LogP contribution in [0, 0.1) is 5.92 Å². The highest BCUT2D eigenvalue weighted by atomic mass is 35.5. The van der Waals surface area contributed by atoms with Crippen molar-refractivity contribution in [3.05, 3.63) is 40.7 Å². The maximum atomic E-state index is 12.4. The molecule has 0 unspecified atom stereocenters. The Balaban J connectivity index is 2.01. The number of nitrogens with two attached hydrogens (primary N) is 1. The summed E-state index contributed by atoms with van der Waals surface area (Å²) in [5.74, 6) is 1.03. The highest BCUT2D eigenvalue weighted by molar-refractivity contribution is 7.91. The number of hydrogen-bond donors (Lipinski definition) is 2. The molecule has 1 aromatic heterocycles. The van der Waals surface area contributed by atoms with Crippen LogP contribution in [0.25, 0.3) is 0 Å². The number of nitrogens with one attached hydrogen (secondary N) is 1. The molecule has 0 bridgehead atoms. The van der Waals surface area contributed by atoms with E-state index in [1.54, 1.807) is 6.07 Å². The number of rotatable bonds is 4. The van der Waals surface area contributed by atoms with E-state index >= 15 is 0 Å². The molecule has 0 radical (unpaired) electrons. The second-order valence-electron chi connectivity index (χ2n) is 6.58. The summed E-state index contributed by atoms with van der Waals surface area (Å²) < 4.78 is 24.8. The van der Waals surface area contributed by atoms with Crippen LogP contribution in [0.2, 0.25) is 5.02 Å². The van der Waals surface area contributed by atoms with Crippen molar-refractivity contribution < 1.29 is 8.42 Å². The molecule has 0 spiro atoms. The standard InChI is InChI=1S/C17H21ClN4O2S/c1-10(2)15(22-17-14(18)16(19)20-9-21-17)12-6-5-11-4-3-7-25(23,24)13(11)8-12/h5-6,8-10,15H,3-4,7H2,1-2H3,(H3,19,20,21,22)/t15-/m1/s1. The zero-order valence-corrected chi connectivity index (χ0v) is 15.7. The van der Waals surface area contributed by atoms with Gasteiger partial charge in [0.2, 0.25) is 0 Å². The number of aromatic nitrogens is 2. The van der Waals surface area contributed by atoms with Crippen LogP contribution >= 0.6 is 11.6 Å². The van der Waals surface area contributed by atoms with Gasteiger partial charge in [-0.3, -0.25) is 0 Å². The Kier molecular flexibility index (Phi) is 4.88. The molecule has 0 fully saturated rings. The Morgan fingerprint density at radius 1 is 1.28 bits per heavy atom. The number of anilines is 2. The van der Waals surface area contributed by atoms with E-state index in [9.17, 15) is 8.42 Å². The van der Waals surface area contributed by atoms with Crippen LogP contribution in [0.15, 0.2) is 29.4 Å². The zero-order chi connectivity index (χ0) is 18.2. The van der Waals surface area contributed by atoms with Gasteiger partial charge in [-0.25, -0.2) is 18.4 Å². The first-order valence-corrected chi connectivity index (χ1v) is 10.2. The molecule has 2 aromatic rings. The molecule has 1 aliphatic rings. The molecule has 0 saturated carbocycles. The number of nitrogen functional groups attached to an aromatic ring is 1. The van der Waals surface area contributed by atoms with Crippen molar-refractivity contribution >= 4 is 33.1 Å². The number of sulfone groups is 1. The summed E-state index contributed by atoms with van der Waals surface area (Å²) in [7, 11) is -3.21. The second kappa shape index (κ2) is 6.80. The molecule has 0 saturated heterocycles.